The van der Waals surface area contributed by atoms with Crippen molar-refractivity contribution in [2.24, 2.45) is 0 Å². The molecule has 1 amide bonds. The molecule has 3 rings (SSSR count). The van der Waals surface area contributed by atoms with Gasteiger partial charge in [0, 0.05) is 6.54 Å². The smallest absolute Gasteiger partial charge is 0.273 e. The lowest BCUT2D eigenvalue weighted by Gasteiger charge is -2.29. The van der Waals surface area contributed by atoms with E-state index in [2.05, 4.69) is 51.2 Å². The van der Waals surface area contributed by atoms with Crippen LogP contribution in [0.15, 0.2) is 47.3 Å². The number of aryl methyl sites for hydroxylation is 1. The molecule has 1 aromatic carbocycles. The molecule has 27 heavy (non-hydrogen) atoms. The van der Waals surface area contributed by atoms with Gasteiger partial charge in [-0.1, -0.05) is 36.8 Å². The number of likely N-dealkylation sites (N-methyl/N-ethyl adjacent to an activating group) is 1. The number of carbonyl (C=O) groups excluding carboxylic acids is 1. The average molecular weight is 384 g/mol. The van der Waals surface area contributed by atoms with Crippen molar-refractivity contribution in [3.8, 4) is 5.69 Å². The molecule has 1 N–H and O–H groups in total. The SMILES string of the molecule is CCN(CC)[C@H](CNC(=O)c1cn(-c2ccc(C)cc2)nn1)c1ccsc1. The van der Waals surface area contributed by atoms with Crippen LogP contribution in [-0.2, 0) is 0 Å². The maximum Gasteiger partial charge on any atom is 0.273 e. The fourth-order valence-corrected chi connectivity index (χ4v) is 3.77. The normalized spacial score (nSPS) is 12.3. The highest BCUT2D eigenvalue weighted by molar-refractivity contribution is 7.07. The van der Waals surface area contributed by atoms with Crippen LogP contribution in [0.4, 0.5) is 0 Å². The van der Waals surface area contributed by atoms with E-state index in [1.165, 1.54) is 11.1 Å². The molecule has 0 bridgehead atoms. The molecule has 2 aromatic heterocycles. The first-order chi connectivity index (χ1) is 13.1. The van der Waals surface area contributed by atoms with Crippen LogP contribution in [0.3, 0.4) is 0 Å². The second-order valence-corrected chi connectivity index (χ2v) is 7.17. The monoisotopic (exact) mass is 383 g/mol. The van der Waals surface area contributed by atoms with Crippen molar-refractivity contribution in [2.75, 3.05) is 19.6 Å². The van der Waals surface area contributed by atoms with E-state index in [-0.39, 0.29) is 11.9 Å². The maximum absolute atomic E-state index is 12.6. The Balaban J connectivity index is 1.68. The minimum atomic E-state index is -0.208. The summed E-state index contributed by atoms with van der Waals surface area (Å²) in [6.45, 7) is 8.70. The molecule has 0 aliphatic heterocycles. The summed E-state index contributed by atoms with van der Waals surface area (Å²) >= 11 is 1.67. The van der Waals surface area contributed by atoms with E-state index in [1.807, 2.05) is 31.2 Å². The molecule has 142 valence electrons. The van der Waals surface area contributed by atoms with Crippen LogP contribution in [0, 0.1) is 6.92 Å². The number of amides is 1. The molecule has 0 saturated carbocycles. The summed E-state index contributed by atoms with van der Waals surface area (Å²) in [5.74, 6) is -0.208. The van der Waals surface area contributed by atoms with Gasteiger partial charge < -0.3 is 5.32 Å². The van der Waals surface area contributed by atoms with Crippen molar-refractivity contribution >= 4 is 17.2 Å². The molecule has 3 aromatic rings. The summed E-state index contributed by atoms with van der Waals surface area (Å²) in [4.78, 5) is 14.9. The van der Waals surface area contributed by atoms with Crippen molar-refractivity contribution in [1.29, 1.82) is 0 Å². The number of benzene rings is 1. The molecule has 0 aliphatic rings. The van der Waals surface area contributed by atoms with Gasteiger partial charge in [0.15, 0.2) is 5.69 Å². The lowest BCUT2D eigenvalue weighted by atomic mass is 10.1. The van der Waals surface area contributed by atoms with Crippen molar-refractivity contribution in [3.63, 3.8) is 0 Å². The molecule has 1 atom stereocenters. The minimum absolute atomic E-state index is 0.155. The summed E-state index contributed by atoms with van der Waals surface area (Å²) in [5, 5.41) is 15.3. The second kappa shape index (κ2) is 8.92. The standard InChI is InChI=1S/C20H25N5OS/c1-4-24(5-2)19(16-10-11-27-14-16)12-21-20(26)18-13-25(23-22-18)17-8-6-15(3)7-9-17/h6-11,13-14,19H,4-5,12H2,1-3H3,(H,21,26)/t19-/m1/s1. The Bertz CT molecular complexity index is 853. The Morgan fingerprint density at radius 3 is 2.59 bits per heavy atom. The number of aromatic nitrogens is 3. The van der Waals surface area contributed by atoms with E-state index < -0.39 is 0 Å². The van der Waals surface area contributed by atoms with Crippen molar-refractivity contribution in [3.05, 3.63) is 64.1 Å². The Morgan fingerprint density at radius 2 is 1.96 bits per heavy atom. The van der Waals surface area contributed by atoms with Crippen LogP contribution in [0.2, 0.25) is 0 Å². The molecule has 0 saturated heterocycles. The number of thiophene rings is 1. The fraction of sp³-hybridized carbons (Fsp3) is 0.350. The molecule has 0 spiro atoms. The highest BCUT2D eigenvalue weighted by Gasteiger charge is 2.20. The van der Waals surface area contributed by atoms with Gasteiger partial charge in [0.05, 0.1) is 17.9 Å². The van der Waals surface area contributed by atoms with Crippen molar-refractivity contribution < 1.29 is 4.79 Å². The molecular formula is C20H25N5OS. The van der Waals surface area contributed by atoms with E-state index in [0.717, 1.165) is 18.8 Å². The lowest BCUT2D eigenvalue weighted by Crippen LogP contribution is -2.38. The molecule has 2 heterocycles. The molecule has 0 aliphatic carbocycles. The number of nitrogens with one attached hydrogen (secondary N) is 1. The van der Waals surface area contributed by atoms with Crippen LogP contribution in [0.1, 0.15) is 41.5 Å². The third kappa shape index (κ3) is 4.61. The van der Waals surface area contributed by atoms with Gasteiger partial charge in [0.2, 0.25) is 0 Å². The first-order valence-corrected chi connectivity index (χ1v) is 10.1. The Hall–Kier alpha value is -2.51. The summed E-state index contributed by atoms with van der Waals surface area (Å²) in [6, 6.07) is 10.2. The van der Waals surface area contributed by atoms with Crippen LogP contribution >= 0.6 is 11.3 Å². The van der Waals surface area contributed by atoms with E-state index in [4.69, 9.17) is 0 Å². The number of hydrogen-bond acceptors (Lipinski definition) is 5. The van der Waals surface area contributed by atoms with Gasteiger partial charge in [0.25, 0.3) is 5.91 Å². The Kier molecular flexibility index (Phi) is 6.36. The molecule has 0 fully saturated rings. The molecule has 6 nitrogen and oxygen atoms in total. The predicted octanol–water partition coefficient (Wildman–Crippen LogP) is 3.45. The van der Waals surface area contributed by atoms with Gasteiger partial charge in [-0.3, -0.25) is 9.69 Å². The number of nitrogens with zero attached hydrogens (tertiary/aromatic N) is 4. The van der Waals surface area contributed by atoms with Crippen LogP contribution < -0.4 is 5.32 Å². The Morgan fingerprint density at radius 1 is 1.22 bits per heavy atom. The second-order valence-electron chi connectivity index (χ2n) is 6.39. The summed E-state index contributed by atoms with van der Waals surface area (Å²) in [7, 11) is 0. The molecular weight excluding hydrogens is 358 g/mol. The van der Waals surface area contributed by atoms with Gasteiger partial charge >= 0.3 is 0 Å². The zero-order valence-corrected chi connectivity index (χ0v) is 16.7. The van der Waals surface area contributed by atoms with Gasteiger partial charge in [-0.25, -0.2) is 4.68 Å². The van der Waals surface area contributed by atoms with Crippen molar-refractivity contribution in [1.82, 2.24) is 25.2 Å². The maximum atomic E-state index is 12.6. The fourth-order valence-electron chi connectivity index (χ4n) is 3.06. The van der Waals surface area contributed by atoms with Crippen LogP contribution in [0.5, 0.6) is 0 Å². The minimum Gasteiger partial charge on any atom is -0.349 e. The number of hydrogen-bond donors (Lipinski definition) is 1. The zero-order chi connectivity index (χ0) is 19.2. The van der Waals surface area contributed by atoms with Crippen LogP contribution in [0.25, 0.3) is 5.69 Å². The average Bonchev–Trinajstić information content (AvgIpc) is 3.37. The topological polar surface area (TPSA) is 63.1 Å². The summed E-state index contributed by atoms with van der Waals surface area (Å²) in [5.41, 5.74) is 3.60. The third-order valence-corrected chi connectivity index (χ3v) is 5.36. The third-order valence-electron chi connectivity index (χ3n) is 4.66. The first-order valence-electron chi connectivity index (χ1n) is 9.16. The summed E-state index contributed by atoms with van der Waals surface area (Å²) in [6.07, 6.45) is 1.66. The largest absolute Gasteiger partial charge is 0.349 e. The predicted molar refractivity (Wildman–Crippen MR) is 108 cm³/mol. The Labute approximate surface area is 163 Å². The van der Waals surface area contributed by atoms with Gasteiger partial charge in [-0.05, 0) is 54.5 Å². The zero-order valence-electron chi connectivity index (χ0n) is 15.9. The van der Waals surface area contributed by atoms with Gasteiger partial charge in [0.1, 0.15) is 0 Å². The quantitative estimate of drug-likeness (QED) is 0.647. The lowest BCUT2D eigenvalue weighted by molar-refractivity contribution is 0.0930. The van der Waals surface area contributed by atoms with Gasteiger partial charge in [-0.2, -0.15) is 11.3 Å². The van der Waals surface area contributed by atoms with Gasteiger partial charge in [-0.15, -0.1) is 5.10 Å². The van der Waals surface area contributed by atoms with E-state index in [9.17, 15) is 4.79 Å². The number of carbonyl (C=O) groups is 1. The highest BCUT2D eigenvalue weighted by atomic mass is 32.1. The molecule has 0 unspecified atom stereocenters. The van der Waals surface area contributed by atoms with E-state index in [1.54, 1.807) is 22.2 Å². The molecule has 7 heteroatoms. The number of rotatable bonds is 8. The van der Waals surface area contributed by atoms with Crippen molar-refractivity contribution in [2.45, 2.75) is 26.8 Å². The van der Waals surface area contributed by atoms with Crippen LogP contribution in [-0.4, -0.2) is 45.4 Å². The summed E-state index contributed by atoms with van der Waals surface area (Å²) < 4.78 is 1.62. The highest BCUT2D eigenvalue weighted by Crippen LogP contribution is 2.22. The van der Waals surface area contributed by atoms with E-state index in [0.29, 0.717) is 12.2 Å². The van der Waals surface area contributed by atoms with E-state index >= 15 is 0 Å². The molecule has 0 radical (unpaired) electrons. The first kappa shape index (κ1) is 19.3.